The molecule has 0 bridgehead atoms. The van der Waals surface area contributed by atoms with Crippen molar-refractivity contribution in [3.8, 4) is 22.1 Å². The highest BCUT2D eigenvalue weighted by atomic mass is 32.1. The first-order valence-electron chi connectivity index (χ1n) is 9.99. The zero-order chi connectivity index (χ0) is 23.3. The SMILES string of the molecule is COC(=O)CC(NC(=O)c1csc(-c2ccc(C)cc2C)n1)c1ccc(OC)c(OC)c1. The molecule has 1 heterocycles. The third-order valence-corrected chi connectivity index (χ3v) is 5.94. The maximum Gasteiger partial charge on any atom is 0.307 e. The molecule has 8 heteroatoms. The number of carbonyl (C=O) groups is 2. The third kappa shape index (κ3) is 5.26. The lowest BCUT2D eigenvalue weighted by Gasteiger charge is -2.19. The van der Waals surface area contributed by atoms with Crippen molar-refractivity contribution in [2.24, 2.45) is 0 Å². The highest BCUT2D eigenvalue weighted by Crippen LogP contribution is 2.32. The molecule has 1 aromatic heterocycles. The normalized spacial score (nSPS) is 11.5. The number of aromatic nitrogens is 1. The number of benzene rings is 2. The number of hydrogen-bond acceptors (Lipinski definition) is 7. The molecule has 3 aromatic rings. The van der Waals surface area contributed by atoms with Crippen molar-refractivity contribution in [2.75, 3.05) is 21.3 Å². The highest BCUT2D eigenvalue weighted by Gasteiger charge is 2.23. The minimum absolute atomic E-state index is 0.0359. The molecular formula is C24H26N2O5S. The van der Waals surface area contributed by atoms with E-state index in [0.717, 1.165) is 16.1 Å². The number of esters is 1. The summed E-state index contributed by atoms with van der Waals surface area (Å²) in [4.78, 5) is 29.5. The summed E-state index contributed by atoms with van der Waals surface area (Å²) in [6.45, 7) is 4.06. The van der Waals surface area contributed by atoms with Crippen LogP contribution >= 0.6 is 11.3 Å². The van der Waals surface area contributed by atoms with Crippen LogP contribution in [0.1, 0.15) is 39.6 Å². The summed E-state index contributed by atoms with van der Waals surface area (Å²) < 4.78 is 15.4. The van der Waals surface area contributed by atoms with Crippen LogP contribution in [0.4, 0.5) is 0 Å². The van der Waals surface area contributed by atoms with Gasteiger partial charge in [-0.15, -0.1) is 11.3 Å². The maximum absolute atomic E-state index is 13.0. The van der Waals surface area contributed by atoms with E-state index in [0.29, 0.717) is 22.8 Å². The summed E-state index contributed by atoms with van der Waals surface area (Å²) in [6, 6.07) is 10.7. The molecule has 1 atom stereocenters. The number of methoxy groups -OCH3 is 3. The Balaban J connectivity index is 1.86. The van der Waals surface area contributed by atoms with Crippen LogP contribution in [0.2, 0.25) is 0 Å². The summed E-state index contributed by atoms with van der Waals surface area (Å²) in [7, 11) is 4.38. The minimum Gasteiger partial charge on any atom is -0.493 e. The first-order chi connectivity index (χ1) is 15.4. The predicted molar refractivity (Wildman–Crippen MR) is 123 cm³/mol. The van der Waals surface area contributed by atoms with E-state index in [9.17, 15) is 9.59 Å². The van der Waals surface area contributed by atoms with E-state index in [1.807, 2.05) is 26.0 Å². The number of thiazole rings is 1. The van der Waals surface area contributed by atoms with Gasteiger partial charge in [-0.1, -0.05) is 29.8 Å². The van der Waals surface area contributed by atoms with Gasteiger partial charge in [-0.3, -0.25) is 9.59 Å². The maximum atomic E-state index is 13.0. The van der Waals surface area contributed by atoms with Crippen LogP contribution in [-0.2, 0) is 9.53 Å². The van der Waals surface area contributed by atoms with E-state index in [1.165, 1.54) is 31.1 Å². The van der Waals surface area contributed by atoms with Gasteiger partial charge in [0.2, 0.25) is 0 Å². The zero-order valence-corrected chi connectivity index (χ0v) is 19.5. The molecule has 3 rings (SSSR count). The summed E-state index contributed by atoms with van der Waals surface area (Å²) in [5.41, 5.74) is 4.23. The van der Waals surface area contributed by atoms with Crippen molar-refractivity contribution in [3.63, 3.8) is 0 Å². The van der Waals surface area contributed by atoms with E-state index in [2.05, 4.69) is 16.4 Å². The molecule has 1 N–H and O–H groups in total. The van der Waals surface area contributed by atoms with Crippen LogP contribution in [0.3, 0.4) is 0 Å². The van der Waals surface area contributed by atoms with E-state index < -0.39 is 12.0 Å². The van der Waals surface area contributed by atoms with Gasteiger partial charge in [-0.05, 0) is 37.1 Å². The highest BCUT2D eigenvalue weighted by molar-refractivity contribution is 7.13. The number of rotatable bonds is 8. The molecule has 0 aliphatic heterocycles. The zero-order valence-electron chi connectivity index (χ0n) is 18.7. The molecule has 1 amide bonds. The van der Waals surface area contributed by atoms with E-state index >= 15 is 0 Å². The Hall–Kier alpha value is -3.39. The lowest BCUT2D eigenvalue weighted by atomic mass is 10.0. The summed E-state index contributed by atoms with van der Waals surface area (Å²) in [5, 5.41) is 5.38. The predicted octanol–water partition coefficient (Wildman–Crippen LogP) is 4.48. The second-order valence-corrected chi connectivity index (χ2v) is 8.14. The van der Waals surface area contributed by atoms with Gasteiger partial charge < -0.3 is 19.5 Å². The van der Waals surface area contributed by atoms with E-state index in [-0.39, 0.29) is 12.3 Å². The smallest absolute Gasteiger partial charge is 0.307 e. The first kappa shape index (κ1) is 23.3. The van der Waals surface area contributed by atoms with Crippen LogP contribution in [0.25, 0.3) is 10.6 Å². The summed E-state index contributed by atoms with van der Waals surface area (Å²) in [5.74, 6) is 0.234. The van der Waals surface area contributed by atoms with Crippen molar-refractivity contribution in [3.05, 3.63) is 64.2 Å². The Kier molecular flexibility index (Phi) is 7.48. The Bertz CT molecular complexity index is 1130. The Morgan fingerprint density at radius 1 is 1.03 bits per heavy atom. The number of ether oxygens (including phenoxy) is 3. The molecule has 0 aliphatic carbocycles. The molecule has 168 valence electrons. The fourth-order valence-corrected chi connectivity index (χ4v) is 4.25. The molecular weight excluding hydrogens is 428 g/mol. The number of nitrogens with one attached hydrogen (secondary N) is 1. The van der Waals surface area contributed by atoms with Gasteiger partial charge in [0.25, 0.3) is 5.91 Å². The van der Waals surface area contributed by atoms with Gasteiger partial charge in [0.15, 0.2) is 11.5 Å². The Morgan fingerprint density at radius 2 is 1.78 bits per heavy atom. The van der Waals surface area contributed by atoms with Gasteiger partial charge in [0.1, 0.15) is 10.7 Å². The fraction of sp³-hybridized carbons (Fsp3) is 0.292. The van der Waals surface area contributed by atoms with E-state index in [1.54, 1.807) is 30.7 Å². The van der Waals surface area contributed by atoms with Crippen LogP contribution in [-0.4, -0.2) is 38.2 Å². The summed E-state index contributed by atoms with van der Waals surface area (Å²) in [6.07, 6.45) is -0.0359. The molecule has 7 nitrogen and oxygen atoms in total. The number of aryl methyl sites for hydroxylation is 2. The van der Waals surface area contributed by atoms with E-state index in [4.69, 9.17) is 14.2 Å². The summed E-state index contributed by atoms with van der Waals surface area (Å²) >= 11 is 1.40. The Morgan fingerprint density at radius 3 is 2.44 bits per heavy atom. The monoisotopic (exact) mass is 454 g/mol. The topological polar surface area (TPSA) is 86.8 Å². The number of nitrogens with zero attached hydrogens (tertiary/aromatic N) is 1. The first-order valence-corrected chi connectivity index (χ1v) is 10.9. The molecule has 0 fully saturated rings. The molecule has 2 aromatic carbocycles. The molecule has 1 unspecified atom stereocenters. The van der Waals surface area contributed by atoms with Crippen LogP contribution in [0.15, 0.2) is 41.8 Å². The van der Waals surface area contributed by atoms with Crippen LogP contribution in [0, 0.1) is 13.8 Å². The molecule has 0 spiro atoms. The number of carbonyl (C=O) groups excluding carboxylic acids is 2. The quantitative estimate of drug-likeness (QED) is 0.505. The van der Waals surface area contributed by atoms with Gasteiger partial charge in [0, 0.05) is 10.9 Å². The average molecular weight is 455 g/mol. The standard InChI is InChI=1S/C24H26N2O5S/c1-14-6-8-17(15(2)10-14)24-26-19(13-32-24)23(28)25-18(12-22(27)31-5)16-7-9-20(29-3)21(11-16)30-4/h6-11,13,18H,12H2,1-5H3,(H,25,28). The minimum atomic E-state index is -0.624. The van der Waals surface area contributed by atoms with Crippen LogP contribution in [0.5, 0.6) is 11.5 Å². The van der Waals surface area contributed by atoms with Crippen molar-refractivity contribution in [1.82, 2.24) is 10.3 Å². The van der Waals surface area contributed by atoms with Crippen molar-refractivity contribution >= 4 is 23.2 Å². The molecule has 32 heavy (non-hydrogen) atoms. The van der Waals surface area contributed by atoms with Crippen molar-refractivity contribution in [2.45, 2.75) is 26.3 Å². The molecule has 0 saturated heterocycles. The molecule has 0 saturated carbocycles. The number of amides is 1. The average Bonchev–Trinajstić information content (AvgIpc) is 3.28. The lowest BCUT2D eigenvalue weighted by molar-refractivity contribution is -0.141. The fourth-order valence-electron chi connectivity index (χ4n) is 3.36. The van der Waals surface area contributed by atoms with Crippen molar-refractivity contribution < 1.29 is 23.8 Å². The van der Waals surface area contributed by atoms with Crippen LogP contribution < -0.4 is 14.8 Å². The largest absolute Gasteiger partial charge is 0.493 e. The number of hydrogen-bond donors (Lipinski definition) is 1. The second-order valence-electron chi connectivity index (χ2n) is 7.28. The second kappa shape index (κ2) is 10.3. The molecule has 0 radical (unpaired) electrons. The van der Waals surface area contributed by atoms with Gasteiger partial charge in [-0.2, -0.15) is 0 Å². The molecule has 0 aliphatic rings. The Labute approximate surface area is 191 Å². The van der Waals surface area contributed by atoms with Gasteiger partial charge >= 0.3 is 5.97 Å². The van der Waals surface area contributed by atoms with Crippen molar-refractivity contribution in [1.29, 1.82) is 0 Å². The van der Waals surface area contributed by atoms with Gasteiger partial charge in [0.05, 0.1) is 33.8 Å². The lowest BCUT2D eigenvalue weighted by Crippen LogP contribution is -2.30. The third-order valence-electron chi connectivity index (χ3n) is 5.06. The van der Waals surface area contributed by atoms with Gasteiger partial charge in [-0.25, -0.2) is 4.98 Å².